The van der Waals surface area contributed by atoms with Gasteiger partial charge in [-0.2, -0.15) is 0 Å². The number of imide groups is 1. The van der Waals surface area contributed by atoms with E-state index in [2.05, 4.69) is 0 Å². The summed E-state index contributed by atoms with van der Waals surface area (Å²) in [6.07, 6.45) is 2.23. The molecule has 0 bridgehead atoms. The number of fused-ring (bicyclic) bond motifs is 2. The van der Waals surface area contributed by atoms with E-state index in [9.17, 15) is 24.5 Å². The summed E-state index contributed by atoms with van der Waals surface area (Å²) in [6, 6.07) is 14.3. The summed E-state index contributed by atoms with van der Waals surface area (Å²) < 4.78 is 5.34. The summed E-state index contributed by atoms with van der Waals surface area (Å²) >= 11 is 1.30. The number of nitro groups is 1. The van der Waals surface area contributed by atoms with Crippen LogP contribution in [0.1, 0.15) is 52.2 Å². The van der Waals surface area contributed by atoms with Crippen LogP contribution in [0.15, 0.2) is 54.6 Å². The number of non-ortho nitro benzene ring substituents is 1. The van der Waals surface area contributed by atoms with Crippen molar-refractivity contribution in [1.82, 2.24) is 0 Å². The lowest BCUT2D eigenvalue weighted by molar-refractivity contribution is -0.384. The van der Waals surface area contributed by atoms with E-state index in [1.165, 1.54) is 28.5 Å². The predicted molar refractivity (Wildman–Crippen MR) is 143 cm³/mol. The maximum Gasteiger partial charge on any atom is 0.341 e. The fourth-order valence-electron chi connectivity index (χ4n) is 5.67. The lowest BCUT2D eigenvalue weighted by atomic mass is 9.90. The number of anilines is 2. The van der Waals surface area contributed by atoms with Crippen molar-refractivity contribution in [2.45, 2.75) is 44.8 Å². The van der Waals surface area contributed by atoms with Crippen molar-refractivity contribution in [2.24, 2.45) is 5.92 Å². The van der Waals surface area contributed by atoms with E-state index in [4.69, 9.17) is 9.57 Å². The molecule has 11 heteroatoms. The van der Waals surface area contributed by atoms with Crippen molar-refractivity contribution in [3.63, 3.8) is 0 Å². The Morgan fingerprint density at radius 3 is 2.49 bits per heavy atom. The molecule has 3 atom stereocenters. The molecule has 2 saturated heterocycles. The Hall–Kier alpha value is -4.09. The number of hydrogen-bond donors (Lipinski definition) is 0. The van der Waals surface area contributed by atoms with Gasteiger partial charge in [0.2, 0.25) is 5.91 Å². The van der Waals surface area contributed by atoms with Crippen LogP contribution in [0, 0.1) is 16.0 Å². The number of para-hydroxylation sites is 1. The van der Waals surface area contributed by atoms with Gasteiger partial charge in [-0.25, -0.2) is 14.8 Å². The van der Waals surface area contributed by atoms with Crippen molar-refractivity contribution in [3.8, 4) is 0 Å². The summed E-state index contributed by atoms with van der Waals surface area (Å²) in [6.45, 7) is 1.89. The molecule has 2 aromatic carbocycles. The van der Waals surface area contributed by atoms with E-state index in [-0.39, 0.29) is 12.3 Å². The van der Waals surface area contributed by atoms with Crippen LogP contribution in [0.4, 0.5) is 16.4 Å². The van der Waals surface area contributed by atoms with Crippen LogP contribution in [-0.4, -0.2) is 35.4 Å². The topological polar surface area (TPSA) is 119 Å². The van der Waals surface area contributed by atoms with Crippen LogP contribution >= 0.6 is 11.3 Å². The van der Waals surface area contributed by atoms with Gasteiger partial charge in [0.05, 0.1) is 28.8 Å². The molecule has 200 valence electrons. The van der Waals surface area contributed by atoms with Crippen molar-refractivity contribution in [2.75, 3.05) is 16.6 Å². The maximum absolute atomic E-state index is 14.1. The third-order valence-corrected chi connectivity index (χ3v) is 8.68. The molecule has 6 rings (SSSR count). The van der Waals surface area contributed by atoms with Crippen molar-refractivity contribution < 1.29 is 28.9 Å². The molecule has 1 aliphatic carbocycles. The summed E-state index contributed by atoms with van der Waals surface area (Å²) in [7, 11) is 0. The highest BCUT2D eigenvalue weighted by Gasteiger charge is 2.61. The normalized spacial score (nSPS) is 22.1. The number of carbonyl (C=O) groups excluding carboxylic acids is 3. The fraction of sp³-hybridized carbons (Fsp3) is 0.321. The molecule has 2 amide bonds. The van der Waals surface area contributed by atoms with Crippen molar-refractivity contribution >= 4 is 45.5 Å². The lowest BCUT2D eigenvalue weighted by Gasteiger charge is -2.28. The Balaban J connectivity index is 1.43. The standard InChI is InChI=1S/C28H25N3O7S/c1-2-37-28(34)21-19-10-6-7-11-20(19)39-27(21)29-25(32)22-23(16-12-14-18(15-13-16)31(35)36)30(38-24(22)26(29)33)17-8-4-3-5-9-17/h3-5,8-9,12-15,22-24H,2,6-7,10-11H2,1H3/t22-,23+,24-/m1/s1. The molecule has 0 N–H and O–H groups in total. The van der Waals surface area contributed by atoms with Gasteiger partial charge in [0.25, 0.3) is 11.6 Å². The molecule has 0 saturated carbocycles. The lowest BCUT2D eigenvalue weighted by Crippen LogP contribution is -2.37. The Morgan fingerprint density at radius 2 is 1.79 bits per heavy atom. The van der Waals surface area contributed by atoms with E-state index >= 15 is 0 Å². The van der Waals surface area contributed by atoms with Crippen molar-refractivity contribution in [3.05, 3.63) is 86.3 Å². The molecular weight excluding hydrogens is 522 g/mol. The molecule has 3 aromatic rings. The van der Waals surface area contributed by atoms with E-state index in [0.717, 1.165) is 34.6 Å². The van der Waals surface area contributed by atoms with Gasteiger partial charge >= 0.3 is 5.97 Å². The first-order valence-electron chi connectivity index (χ1n) is 12.9. The minimum Gasteiger partial charge on any atom is -0.462 e. The van der Waals surface area contributed by atoms with Gasteiger partial charge in [0.1, 0.15) is 10.9 Å². The van der Waals surface area contributed by atoms with Gasteiger partial charge < -0.3 is 4.74 Å². The number of ether oxygens (including phenoxy) is 1. The Bertz CT molecular complexity index is 1470. The first-order chi connectivity index (χ1) is 18.9. The summed E-state index contributed by atoms with van der Waals surface area (Å²) in [5.74, 6) is -2.48. The highest BCUT2D eigenvalue weighted by atomic mass is 32.1. The zero-order chi connectivity index (χ0) is 27.3. The van der Waals surface area contributed by atoms with Gasteiger partial charge in [0.15, 0.2) is 6.10 Å². The molecule has 0 radical (unpaired) electrons. The van der Waals surface area contributed by atoms with E-state index in [1.807, 2.05) is 18.2 Å². The van der Waals surface area contributed by atoms with Crippen LogP contribution < -0.4 is 9.96 Å². The van der Waals surface area contributed by atoms with Gasteiger partial charge in [-0.1, -0.05) is 30.3 Å². The Labute approximate surface area is 227 Å². The van der Waals surface area contributed by atoms with Gasteiger partial charge in [-0.15, -0.1) is 11.3 Å². The number of esters is 1. The first-order valence-corrected chi connectivity index (χ1v) is 13.7. The highest BCUT2D eigenvalue weighted by Crippen LogP contribution is 2.50. The minimum absolute atomic E-state index is 0.0841. The molecule has 10 nitrogen and oxygen atoms in total. The second-order valence-electron chi connectivity index (χ2n) is 9.63. The molecule has 0 spiro atoms. The average molecular weight is 548 g/mol. The fourth-order valence-corrected chi connectivity index (χ4v) is 7.06. The van der Waals surface area contributed by atoms with Crippen LogP contribution in [0.5, 0.6) is 0 Å². The maximum atomic E-state index is 14.1. The number of nitrogens with zero attached hydrogens (tertiary/aromatic N) is 3. The molecule has 39 heavy (non-hydrogen) atoms. The smallest absolute Gasteiger partial charge is 0.341 e. The van der Waals surface area contributed by atoms with Crippen LogP contribution in [0.2, 0.25) is 0 Å². The Kier molecular flexibility index (Phi) is 6.40. The largest absolute Gasteiger partial charge is 0.462 e. The molecule has 3 heterocycles. The number of nitro benzene ring substituents is 1. The monoisotopic (exact) mass is 547 g/mol. The molecule has 3 aliphatic rings. The molecule has 0 unspecified atom stereocenters. The summed E-state index contributed by atoms with van der Waals surface area (Å²) in [5.41, 5.74) is 2.30. The number of aryl methyl sites for hydroxylation is 1. The third kappa shape index (κ3) is 4.09. The zero-order valence-corrected chi connectivity index (χ0v) is 21.9. The van der Waals surface area contributed by atoms with E-state index < -0.39 is 40.8 Å². The number of hydroxylamine groups is 1. The summed E-state index contributed by atoms with van der Waals surface area (Å²) in [5, 5.41) is 13.1. The molecular formula is C28H25N3O7S. The van der Waals surface area contributed by atoms with Crippen LogP contribution in [0.3, 0.4) is 0 Å². The van der Waals surface area contributed by atoms with Crippen molar-refractivity contribution in [1.29, 1.82) is 0 Å². The predicted octanol–water partition coefficient (Wildman–Crippen LogP) is 4.76. The number of carbonyl (C=O) groups is 3. The van der Waals surface area contributed by atoms with E-state index in [1.54, 1.807) is 31.2 Å². The second-order valence-corrected chi connectivity index (χ2v) is 10.7. The third-order valence-electron chi connectivity index (χ3n) is 7.41. The molecule has 2 aliphatic heterocycles. The van der Waals surface area contributed by atoms with Gasteiger partial charge in [-0.3, -0.25) is 24.5 Å². The number of benzene rings is 2. The van der Waals surface area contributed by atoms with Crippen LogP contribution in [-0.2, 0) is 32.0 Å². The quantitative estimate of drug-likeness (QED) is 0.188. The number of thiophene rings is 1. The average Bonchev–Trinajstić information content (AvgIpc) is 3.59. The minimum atomic E-state index is -1.12. The number of rotatable bonds is 6. The molecule has 2 fully saturated rings. The SMILES string of the molecule is CCOC(=O)c1c(N2C(=O)[C@H]3[C@@H](ON(c4ccccc4)[C@H]3c3ccc([N+](=O)[O-])cc3)C2=O)sc2c1CCCC2. The number of hydrogen-bond acceptors (Lipinski definition) is 9. The van der Waals surface area contributed by atoms with E-state index in [0.29, 0.717) is 28.2 Å². The van der Waals surface area contributed by atoms with Crippen LogP contribution in [0.25, 0.3) is 0 Å². The molecule has 1 aromatic heterocycles. The van der Waals surface area contributed by atoms with Gasteiger partial charge in [-0.05, 0) is 55.9 Å². The first kappa shape index (κ1) is 25.2. The zero-order valence-electron chi connectivity index (χ0n) is 21.1. The Morgan fingerprint density at radius 1 is 1.08 bits per heavy atom. The van der Waals surface area contributed by atoms with Gasteiger partial charge in [0, 0.05) is 17.0 Å². The summed E-state index contributed by atoms with van der Waals surface area (Å²) in [4.78, 5) is 60.1. The number of amides is 2. The highest BCUT2D eigenvalue weighted by molar-refractivity contribution is 7.17. The second kappa shape index (κ2) is 9.90.